The van der Waals surface area contributed by atoms with Crippen molar-refractivity contribution in [2.75, 3.05) is 13.2 Å². The number of amides is 2. The molecule has 7 heteroatoms. The first kappa shape index (κ1) is 17.4. The average Bonchev–Trinajstić information content (AvgIpc) is 3.12. The maximum absolute atomic E-state index is 12.8. The molecule has 2 N–H and O–H groups in total. The molecule has 134 valence electrons. The van der Waals surface area contributed by atoms with Crippen LogP contribution in [0, 0.1) is 0 Å². The third-order valence-electron chi connectivity index (χ3n) is 4.61. The molecule has 2 atom stereocenters. The number of urea groups is 1. The van der Waals surface area contributed by atoms with Gasteiger partial charge in [-0.1, -0.05) is 24.3 Å². The van der Waals surface area contributed by atoms with Crippen LogP contribution in [0.15, 0.2) is 36.9 Å². The van der Waals surface area contributed by atoms with E-state index in [2.05, 4.69) is 27.5 Å². The zero-order valence-corrected chi connectivity index (χ0v) is 14.5. The van der Waals surface area contributed by atoms with Crippen molar-refractivity contribution in [2.24, 2.45) is 0 Å². The lowest BCUT2D eigenvalue weighted by Crippen LogP contribution is -2.48. The molecule has 1 heterocycles. The molecule has 0 bridgehead atoms. The first-order chi connectivity index (χ1) is 12.2. The highest BCUT2D eigenvalue weighted by Gasteiger charge is 2.29. The number of nitrogens with one attached hydrogen (secondary N) is 1. The normalized spacial score (nSPS) is 17.6. The largest absolute Gasteiger partial charge is 0.395 e. The molecule has 7 nitrogen and oxygen atoms in total. The fraction of sp³-hybridized carbons (Fsp3) is 0.500. The summed E-state index contributed by atoms with van der Waals surface area (Å²) < 4.78 is 1.69. The van der Waals surface area contributed by atoms with Gasteiger partial charge in [-0.05, 0) is 37.3 Å². The van der Waals surface area contributed by atoms with Crippen LogP contribution in [0.4, 0.5) is 4.79 Å². The van der Waals surface area contributed by atoms with Crippen LogP contribution in [-0.2, 0) is 13.0 Å². The van der Waals surface area contributed by atoms with Gasteiger partial charge in [-0.25, -0.2) is 9.78 Å². The predicted octanol–water partition coefficient (Wildman–Crippen LogP) is 1.75. The van der Waals surface area contributed by atoms with Crippen molar-refractivity contribution in [1.29, 1.82) is 0 Å². The Balaban J connectivity index is 1.71. The molecule has 0 fully saturated rings. The molecule has 0 saturated heterocycles. The molecule has 0 radical (unpaired) electrons. The molecule has 1 aromatic heterocycles. The number of nitrogens with zero attached hydrogens (tertiary/aromatic N) is 4. The van der Waals surface area contributed by atoms with Crippen molar-refractivity contribution >= 4 is 6.03 Å². The number of carbonyl (C=O) groups is 1. The number of carbonyl (C=O) groups excluding carboxylic acids is 1. The van der Waals surface area contributed by atoms with Gasteiger partial charge in [-0.15, -0.1) is 0 Å². The summed E-state index contributed by atoms with van der Waals surface area (Å²) in [6, 6.07) is 8.05. The van der Waals surface area contributed by atoms with Gasteiger partial charge < -0.3 is 15.3 Å². The summed E-state index contributed by atoms with van der Waals surface area (Å²) >= 11 is 0. The van der Waals surface area contributed by atoms with Crippen LogP contribution in [0.25, 0.3) is 0 Å². The summed E-state index contributed by atoms with van der Waals surface area (Å²) in [6.45, 7) is 2.76. The second-order valence-corrected chi connectivity index (χ2v) is 6.49. The Labute approximate surface area is 147 Å². The number of benzene rings is 1. The monoisotopic (exact) mass is 343 g/mol. The molecule has 1 aliphatic rings. The highest BCUT2D eigenvalue weighted by atomic mass is 16.3. The Hall–Kier alpha value is -2.41. The minimum atomic E-state index is -0.150. The fourth-order valence-electron chi connectivity index (χ4n) is 3.51. The second kappa shape index (κ2) is 8.11. The first-order valence-corrected chi connectivity index (χ1v) is 8.77. The zero-order valence-electron chi connectivity index (χ0n) is 14.5. The Bertz CT molecular complexity index is 689. The lowest BCUT2D eigenvalue weighted by Gasteiger charge is -2.36. The smallest absolute Gasteiger partial charge is 0.318 e. The SMILES string of the molecule is CC(Cn1cncn1)NC(=O)N(CCO)C1CCCc2ccccc21. The van der Waals surface area contributed by atoms with Gasteiger partial charge in [-0.2, -0.15) is 5.10 Å². The van der Waals surface area contributed by atoms with Crippen molar-refractivity contribution < 1.29 is 9.90 Å². The van der Waals surface area contributed by atoms with Crippen molar-refractivity contribution in [3.8, 4) is 0 Å². The van der Waals surface area contributed by atoms with E-state index >= 15 is 0 Å². The van der Waals surface area contributed by atoms with Crippen LogP contribution in [0.3, 0.4) is 0 Å². The molecule has 1 aliphatic carbocycles. The summed E-state index contributed by atoms with van der Waals surface area (Å²) in [4.78, 5) is 18.5. The van der Waals surface area contributed by atoms with E-state index < -0.39 is 0 Å². The maximum Gasteiger partial charge on any atom is 0.318 e. The van der Waals surface area contributed by atoms with E-state index in [0.717, 1.165) is 19.3 Å². The number of fused-ring (bicyclic) bond motifs is 1. The van der Waals surface area contributed by atoms with E-state index in [0.29, 0.717) is 13.1 Å². The third-order valence-corrected chi connectivity index (χ3v) is 4.61. The average molecular weight is 343 g/mol. The molecule has 2 aromatic rings. The van der Waals surface area contributed by atoms with Gasteiger partial charge >= 0.3 is 6.03 Å². The third kappa shape index (κ3) is 4.17. The van der Waals surface area contributed by atoms with Crippen molar-refractivity contribution in [3.63, 3.8) is 0 Å². The van der Waals surface area contributed by atoms with Gasteiger partial charge in [-0.3, -0.25) is 4.68 Å². The van der Waals surface area contributed by atoms with Gasteiger partial charge in [0, 0.05) is 12.6 Å². The predicted molar refractivity (Wildman–Crippen MR) is 93.9 cm³/mol. The number of rotatable bonds is 6. The molecule has 2 unspecified atom stereocenters. The minimum absolute atomic E-state index is 0.00988. The number of aromatic nitrogens is 3. The Morgan fingerprint density at radius 1 is 1.48 bits per heavy atom. The highest BCUT2D eigenvalue weighted by molar-refractivity contribution is 5.75. The second-order valence-electron chi connectivity index (χ2n) is 6.49. The number of aliphatic hydroxyl groups is 1. The molecule has 0 aliphatic heterocycles. The number of hydrogen-bond donors (Lipinski definition) is 2. The topological polar surface area (TPSA) is 83.3 Å². The van der Waals surface area contributed by atoms with Gasteiger partial charge in [0.05, 0.1) is 19.2 Å². The first-order valence-electron chi connectivity index (χ1n) is 8.77. The van der Waals surface area contributed by atoms with Crippen LogP contribution < -0.4 is 5.32 Å². The van der Waals surface area contributed by atoms with Crippen LogP contribution in [-0.4, -0.2) is 50.0 Å². The molecular weight excluding hydrogens is 318 g/mol. The molecule has 1 aromatic carbocycles. The lowest BCUT2D eigenvalue weighted by atomic mass is 9.87. The molecule has 25 heavy (non-hydrogen) atoms. The molecule has 2 amide bonds. The quantitative estimate of drug-likeness (QED) is 0.837. The Kier molecular flexibility index (Phi) is 5.65. The van der Waals surface area contributed by atoms with E-state index in [1.807, 2.05) is 19.1 Å². The Morgan fingerprint density at radius 2 is 2.32 bits per heavy atom. The van der Waals surface area contributed by atoms with Gasteiger partial charge in [0.1, 0.15) is 12.7 Å². The Morgan fingerprint density at radius 3 is 3.08 bits per heavy atom. The van der Waals surface area contributed by atoms with Crippen LogP contribution >= 0.6 is 0 Å². The van der Waals surface area contributed by atoms with Crippen LogP contribution in [0.2, 0.25) is 0 Å². The van der Waals surface area contributed by atoms with Crippen molar-refractivity contribution in [3.05, 3.63) is 48.0 Å². The van der Waals surface area contributed by atoms with Crippen molar-refractivity contribution in [2.45, 2.75) is 44.8 Å². The van der Waals surface area contributed by atoms with Crippen molar-refractivity contribution in [1.82, 2.24) is 25.0 Å². The summed E-state index contributed by atoms with van der Waals surface area (Å²) in [5, 5.41) is 16.5. The fourth-order valence-corrected chi connectivity index (χ4v) is 3.51. The lowest BCUT2D eigenvalue weighted by molar-refractivity contribution is 0.141. The number of aryl methyl sites for hydroxylation is 1. The summed E-state index contributed by atoms with van der Waals surface area (Å²) in [5.41, 5.74) is 2.49. The van der Waals surface area contributed by atoms with E-state index in [4.69, 9.17) is 0 Å². The summed E-state index contributed by atoms with van der Waals surface area (Å²) in [5.74, 6) is 0. The highest BCUT2D eigenvalue weighted by Crippen LogP contribution is 2.34. The molecular formula is C18H25N5O2. The minimum Gasteiger partial charge on any atom is -0.395 e. The number of aliphatic hydroxyl groups excluding tert-OH is 1. The molecule has 3 rings (SSSR count). The number of hydrogen-bond acceptors (Lipinski definition) is 4. The van der Waals surface area contributed by atoms with Crippen LogP contribution in [0.5, 0.6) is 0 Å². The van der Waals surface area contributed by atoms with E-state index in [1.165, 1.54) is 17.5 Å². The molecule has 0 spiro atoms. The van der Waals surface area contributed by atoms with E-state index in [-0.39, 0.29) is 24.7 Å². The summed E-state index contributed by atoms with van der Waals surface area (Å²) in [6.07, 6.45) is 6.12. The van der Waals surface area contributed by atoms with E-state index in [1.54, 1.807) is 15.9 Å². The van der Waals surface area contributed by atoms with Gasteiger partial charge in [0.2, 0.25) is 0 Å². The molecule has 0 saturated carbocycles. The van der Waals surface area contributed by atoms with E-state index in [9.17, 15) is 9.90 Å². The standard InChI is InChI=1S/C18H25N5O2/c1-14(11-22-13-19-12-20-22)21-18(25)23(9-10-24)17-8-4-6-15-5-2-3-7-16(15)17/h2-3,5,7,12-14,17,24H,4,6,8-11H2,1H3,(H,21,25). The maximum atomic E-state index is 12.8. The summed E-state index contributed by atoms with van der Waals surface area (Å²) in [7, 11) is 0. The van der Waals surface area contributed by atoms with Gasteiger partial charge in [0.25, 0.3) is 0 Å². The zero-order chi connectivity index (χ0) is 17.6. The van der Waals surface area contributed by atoms with Crippen LogP contribution in [0.1, 0.15) is 36.9 Å². The van der Waals surface area contributed by atoms with Gasteiger partial charge in [0.15, 0.2) is 0 Å².